The maximum Gasteiger partial charge on any atom is 0.259 e. The van der Waals surface area contributed by atoms with Gasteiger partial charge >= 0.3 is 0 Å². The molecular formula is C25H17F2N5O3. The van der Waals surface area contributed by atoms with Crippen molar-refractivity contribution >= 4 is 16.8 Å². The number of benzene rings is 2. The van der Waals surface area contributed by atoms with Gasteiger partial charge in [0.15, 0.2) is 0 Å². The molecule has 8 nitrogen and oxygen atoms in total. The molecule has 10 heteroatoms. The first-order valence-corrected chi connectivity index (χ1v) is 10.6. The van der Waals surface area contributed by atoms with E-state index in [0.717, 1.165) is 18.2 Å². The van der Waals surface area contributed by atoms with Crippen LogP contribution >= 0.6 is 0 Å². The van der Waals surface area contributed by atoms with Gasteiger partial charge in [-0.05, 0) is 35.9 Å². The Morgan fingerprint density at radius 2 is 1.77 bits per heavy atom. The number of pyridine rings is 2. The molecule has 3 aromatic heterocycles. The van der Waals surface area contributed by atoms with Gasteiger partial charge in [-0.15, -0.1) is 0 Å². The van der Waals surface area contributed by atoms with Crippen LogP contribution in [0.4, 0.5) is 8.78 Å². The summed E-state index contributed by atoms with van der Waals surface area (Å²) in [5, 5.41) is 7.17. The second kappa shape index (κ2) is 9.26. The lowest BCUT2D eigenvalue weighted by Gasteiger charge is -2.12. The smallest absolute Gasteiger partial charge is 0.259 e. The average Bonchev–Trinajstić information content (AvgIpc) is 3.34. The van der Waals surface area contributed by atoms with Crippen LogP contribution in [0, 0.1) is 11.6 Å². The van der Waals surface area contributed by atoms with Crippen LogP contribution in [0.2, 0.25) is 0 Å². The Hall–Kier alpha value is -4.73. The fourth-order valence-corrected chi connectivity index (χ4v) is 3.72. The van der Waals surface area contributed by atoms with E-state index in [9.17, 15) is 18.4 Å². The molecule has 0 aliphatic carbocycles. The topological polar surface area (TPSA) is 103 Å². The second-order valence-corrected chi connectivity index (χ2v) is 7.69. The van der Waals surface area contributed by atoms with E-state index in [0.29, 0.717) is 22.2 Å². The van der Waals surface area contributed by atoms with Gasteiger partial charge in [-0.25, -0.2) is 8.78 Å². The minimum Gasteiger partial charge on any atom is -0.350 e. The van der Waals surface area contributed by atoms with Crippen molar-refractivity contribution < 1.29 is 18.1 Å². The first-order valence-electron chi connectivity index (χ1n) is 10.6. The molecular weight excluding hydrogens is 456 g/mol. The predicted octanol–water partition coefficient (Wildman–Crippen LogP) is 3.71. The van der Waals surface area contributed by atoms with Crippen LogP contribution in [0.3, 0.4) is 0 Å². The van der Waals surface area contributed by atoms with Crippen molar-refractivity contribution in [3.63, 3.8) is 0 Å². The van der Waals surface area contributed by atoms with Crippen molar-refractivity contribution in [1.29, 1.82) is 0 Å². The van der Waals surface area contributed by atoms with E-state index in [1.807, 2.05) is 0 Å². The molecule has 0 unspecified atom stereocenters. The number of nitrogens with one attached hydrogen (secondary N) is 1. The highest BCUT2D eigenvalue weighted by atomic mass is 19.1. The molecule has 2 aromatic carbocycles. The summed E-state index contributed by atoms with van der Waals surface area (Å²) in [6.07, 6.45) is 1.61. The molecule has 0 bridgehead atoms. The molecule has 5 rings (SSSR count). The van der Waals surface area contributed by atoms with E-state index >= 15 is 0 Å². The molecule has 5 aromatic rings. The minimum absolute atomic E-state index is 0.0867. The number of para-hydroxylation sites is 1. The van der Waals surface area contributed by atoms with Crippen molar-refractivity contribution in [1.82, 2.24) is 25.0 Å². The van der Waals surface area contributed by atoms with Crippen LogP contribution in [-0.4, -0.2) is 25.6 Å². The highest BCUT2D eigenvalue weighted by molar-refractivity contribution is 5.93. The quantitative estimate of drug-likeness (QED) is 0.403. The average molecular weight is 473 g/mol. The number of rotatable bonds is 6. The van der Waals surface area contributed by atoms with Crippen molar-refractivity contribution in [2.24, 2.45) is 0 Å². The van der Waals surface area contributed by atoms with Crippen LogP contribution in [0.25, 0.3) is 33.9 Å². The Morgan fingerprint density at radius 1 is 1.00 bits per heavy atom. The standard InChI is InChI=1S/C25H17F2N5O3/c26-16-9-15(10-17(27)11-16)13-29-22(33)14-32-21-7-2-1-5-18(21)19(12-23(32)34)25-30-24(31-35-25)20-6-3-4-8-28-20/h1-12H,13-14H2,(H,29,33). The summed E-state index contributed by atoms with van der Waals surface area (Å²) in [5.74, 6) is -1.55. The maximum absolute atomic E-state index is 13.4. The molecule has 0 aliphatic heterocycles. The van der Waals surface area contributed by atoms with Crippen LogP contribution in [-0.2, 0) is 17.9 Å². The van der Waals surface area contributed by atoms with E-state index in [1.54, 1.807) is 48.7 Å². The Morgan fingerprint density at radius 3 is 2.54 bits per heavy atom. The number of amides is 1. The molecule has 0 saturated carbocycles. The van der Waals surface area contributed by atoms with Gasteiger partial charge in [-0.1, -0.05) is 29.4 Å². The third kappa shape index (κ3) is 4.67. The summed E-state index contributed by atoms with van der Waals surface area (Å²) in [6.45, 7) is -0.378. The van der Waals surface area contributed by atoms with Crippen molar-refractivity contribution in [2.45, 2.75) is 13.1 Å². The van der Waals surface area contributed by atoms with E-state index < -0.39 is 23.1 Å². The highest BCUT2D eigenvalue weighted by Crippen LogP contribution is 2.27. The number of carbonyl (C=O) groups excluding carboxylic acids is 1. The van der Waals surface area contributed by atoms with E-state index in [2.05, 4.69) is 20.4 Å². The molecule has 0 spiro atoms. The first kappa shape index (κ1) is 22.1. The number of carbonyl (C=O) groups is 1. The first-order chi connectivity index (χ1) is 17.0. The van der Waals surface area contributed by atoms with Gasteiger partial charge in [0.2, 0.25) is 11.7 Å². The number of aromatic nitrogens is 4. The SMILES string of the molecule is O=C(Cn1c(=O)cc(-c2nc(-c3ccccn3)no2)c2ccccc21)NCc1cc(F)cc(F)c1. The van der Waals surface area contributed by atoms with Gasteiger partial charge in [0.25, 0.3) is 11.4 Å². The van der Waals surface area contributed by atoms with Crippen molar-refractivity contribution in [2.75, 3.05) is 0 Å². The Kier molecular flexibility index (Phi) is 5.84. The summed E-state index contributed by atoms with van der Waals surface area (Å²) in [6, 6.07) is 16.6. The number of fused-ring (bicyclic) bond motifs is 1. The van der Waals surface area contributed by atoms with E-state index in [-0.39, 0.29) is 30.4 Å². The molecule has 1 N–H and O–H groups in total. The largest absolute Gasteiger partial charge is 0.350 e. The number of halogens is 2. The maximum atomic E-state index is 13.4. The van der Waals surface area contributed by atoms with Gasteiger partial charge in [-0.3, -0.25) is 19.1 Å². The number of nitrogens with zero attached hydrogens (tertiary/aromatic N) is 4. The summed E-state index contributed by atoms with van der Waals surface area (Å²) >= 11 is 0. The predicted molar refractivity (Wildman–Crippen MR) is 123 cm³/mol. The monoisotopic (exact) mass is 473 g/mol. The fourth-order valence-electron chi connectivity index (χ4n) is 3.72. The summed E-state index contributed by atoms with van der Waals surface area (Å²) in [5.41, 5.74) is 1.24. The third-order valence-electron chi connectivity index (χ3n) is 5.28. The minimum atomic E-state index is -0.737. The molecule has 0 fully saturated rings. The molecule has 0 radical (unpaired) electrons. The van der Waals surface area contributed by atoms with Crippen LogP contribution in [0.5, 0.6) is 0 Å². The van der Waals surface area contributed by atoms with Gasteiger partial charge in [0, 0.05) is 30.3 Å². The lowest BCUT2D eigenvalue weighted by atomic mass is 10.1. The van der Waals surface area contributed by atoms with Gasteiger partial charge in [0.05, 0.1) is 11.1 Å². The van der Waals surface area contributed by atoms with Gasteiger partial charge in [0.1, 0.15) is 23.9 Å². The lowest BCUT2D eigenvalue weighted by Crippen LogP contribution is -2.32. The molecule has 0 saturated heterocycles. The molecule has 174 valence electrons. The van der Waals surface area contributed by atoms with Crippen molar-refractivity contribution in [3.05, 3.63) is 100 Å². The summed E-state index contributed by atoms with van der Waals surface area (Å²) in [4.78, 5) is 34.1. The normalized spacial score (nSPS) is 11.0. The summed E-state index contributed by atoms with van der Waals surface area (Å²) < 4.78 is 33.5. The van der Waals surface area contributed by atoms with Gasteiger partial charge < -0.3 is 9.84 Å². The van der Waals surface area contributed by atoms with Gasteiger partial charge in [-0.2, -0.15) is 4.98 Å². The Balaban J connectivity index is 1.43. The summed E-state index contributed by atoms with van der Waals surface area (Å²) in [7, 11) is 0. The third-order valence-corrected chi connectivity index (χ3v) is 5.28. The Labute approximate surface area is 196 Å². The molecule has 35 heavy (non-hydrogen) atoms. The molecule has 0 aliphatic rings. The van der Waals surface area contributed by atoms with E-state index in [1.165, 1.54) is 10.6 Å². The Bertz CT molecular complexity index is 1580. The number of hydrogen-bond donors (Lipinski definition) is 1. The van der Waals surface area contributed by atoms with Crippen molar-refractivity contribution in [3.8, 4) is 23.0 Å². The number of hydrogen-bond acceptors (Lipinski definition) is 6. The molecule has 3 heterocycles. The zero-order valence-electron chi connectivity index (χ0n) is 18.1. The second-order valence-electron chi connectivity index (χ2n) is 7.69. The fraction of sp³-hybridized carbons (Fsp3) is 0.0800. The highest BCUT2D eigenvalue weighted by Gasteiger charge is 2.18. The van der Waals surface area contributed by atoms with Crippen LogP contribution in [0.1, 0.15) is 5.56 Å². The zero-order chi connectivity index (χ0) is 24.4. The zero-order valence-corrected chi connectivity index (χ0v) is 18.1. The van der Waals surface area contributed by atoms with Crippen LogP contribution in [0.15, 0.2) is 82.2 Å². The lowest BCUT2D eigenvalue weighted by molar-refractivity contribution is -0.121. The molecule has 0 atom stereocenters. The molecule has 1 amide bonds. The van der Waals surface area contributed by atoms with E-state index in [4.69, 9.17) is 4.52 Å². The van der Waals surface area contributed by atoms with Crippen LogP contribution < -0.4 is 10.9 Å².